The van der Waals surface area contributed by atoms with Gasteiger partial charge in [0.2, 0.25) is 0 Å². The lowest BCUT2D eigenvalue weighted by molar-refractivity contribution is 0.467. The van der Waals surface area contributed by atoms with Gasteiger partial charge in [-0.25, -0.2) is 0 Å². The summed E-state index contributed by atoms with van der Waals surface area (Å²) >= 11 is 0. The molecule has 18 heavy (non-hydrogen) atoms. The Bertz CT molecular complexity index is 505. The molecule has 2 nitrogen and oxygen atoms in total. The first-order valence-corrected chi connectivity index (χ1v) is 6.14. The quantitative estimate of drug-likeness (QED) is 0.830. The van der Waals surface area contributed by atoms with Crippen LogP contribution >= 0.6 is 0 Å². The minimum absolute atomic E-state index is 0.362. The molecule has 1 aromatic carbocycles. The van der Waals surface area contributed by atoms with Crippen molar-refractivity contribution in [3.63, 3.8) is 0 Å². The van der Waals surface area contributed by atoms with E-state index in [9.17, 15) is 0 Å². The molecule has 2 aromatic rings. The molecule has 2 heteroatoms. The highest BCUT2D eigenvalue weighted by Crippen LogP contribution is 2.03. The van der Waals surface area contributed by atoms with Crippen LogP contribution in [0.1, 0.15) is 18.2 Å². The molecule has 0 saturated heterocycles. The van der Waals surface area contributed by atoms with Gasteiger partial charge in [0, 0.05) is 18.0 Å². The first-order chi connectivity index (χ1) is 8.84. The minimum Gasteiger partial charge on any atom is -0.469 e. The fourth-order valence-corrected chi connectivity index (χ4v) is 1.70. The van der Waals surface area contributed by atoms with E-state index in [0.29, 0.717) is 12.6 Å². The highest BCUT2D eigenvalue weighted by Gasteiger charge is 2.03. The van der Waals surface area contributed by atoms with E-state index in [1.807, 2.05) is 42.5 Å². The van der Waals surface area contributed by atoms with Crippen LogP contribution in [0.3, 0.4) is 0 Å². The van der Waals surface area contributed by atoms with E-state index in [1.165, 1.54) is 0 Å². The molecule has 0 spiro atoms. The number of nitrogens with one attached hydrogen (secondary N) is 1. The van der Waals surface area contributed by atoms with Gasteiger partial charge in [-0.1, -0.05) is 30.0 Å². The molecule has 0 aliphatic rings. The van der Waals surface area contributed by atoms with Gasteiger partial charge in [0.15, 0.2) is 0 Å². The molecular formula is C16H17NO. The Hall–Kier alpha value is -1.98. The second-order valence-corrected chi connectivity index (χ2v) is 4.23. The van der Waals surface area contributed by atoms with Crippen molar-refractivity contribution in [2.24, 2.45) is 0 Å². The third-order valence-corrected chi connectivity index (χ3v) is 2.63. The summed E-state index contributed by atoms with van der Waals surface area (Å²) in [5.41, 5.74) is 1.05. The monoisotopic (exact) mass is 239 g/mol. The zero-order valence-electron chi connectivity index (χ0n) is 10.5. The van der Waals surface area contributed by atoms with Crippen LogP contribution in [0.2, 0.25) is 0 Å². The molecule has 92 valence electrons. The first-order valence-electron chi connectivity index (χ1n) is 6.14. The van der Waals surface area contributed by atoms with Crippen LogP contribution in [0, 0.1) is 11.8 Å². The van der Waals surface area contributed by atoms with Gasteiger partial charge in [-0.3, -0.25) is 0 Å². The van der Waals surface area contributed by atoms with Gasteiger partial charge in [-0.15, -0.1) is 0 Å². The average Bonchev–Trinajstić information content (AvgIpc) is 2.89. The number of benzene rings is 1. The zero-order chi connectivity index (χ0) is 12.6. The minimum atomic E-state index is 0.362. The second kappa shape index (κ2) is 6.68. The molecule has 1 unspecified atom stereocenters. The Morgan fingerprint density at radius 1 is 1.17 bits per heavy atom. The van der Waals surface area contributed by atoms with Crippen molar-refractivity contribution in [3.8, 4) is 11.8 Å². The molecule has 1 N–H and O–H groups in total. The summed E-state index contributed by atoms with van der Waals surface area (Å²) in [5, 5.41) is 3.36. The zero-order valence-corrected chi connectivity index (χ0v) is 10.5. The lowest BCUT2D eigenvalue weighted by atomic mass is 10.2. The molecule has 0 radical (unpaired) electrons. The van der Waals surface area contributed by atoms with Gasteiger partial charge in [0.05, 0.1) is 12.8 Å². The summed E-state index contributed by atoms with van der Waals surface area (Å²) in [6, 6.07) is 14.3. The summed E-state index contributed by atoms with van der Waals surface area (Å²) in [6.45, 7) is 2.82. The summed E-state index contributed by atoms with van der Waals surface area (Å²) in [6.07, 6.45) is 2.59. The molecular weight excluding hydrogens is 222 g/mol. The topological polar surface area (TPSA) is 25.2 Å². The van der Waals surface area contributed by atoms with E-state index in [2.05, 4.69) is 24.1 Å². The van der Waals surface area contributed by atoms with Crippen molar-refractivity contribution in [2.45, 2.75) is 19.4 Å². The third-order valence-electron chi connectivity index (χ3n) is 2.63. The number of rotatable bonds is 4. The maximum Gasteiger partial charge on any atom is 0.105 e. The van der Waals surface area contributed by atoms with Crippen molar-refractivity contribution >= 4 is 0 Å². The molecule has 2 rings (SSSR count). The Labute approximate surface area is 108 Å². The predicted molar refractivity (Wildman–Crippen MR) is 73.2 cm³/mol. The fraction of sp³-hybridized carbons (Fsp3) is 0.250. The first kappa shape index (κ1) is 12.5. The molecule has 0 aliphatic carbocycles. The summed E-state index contributed by atoms with van der Waals surface area (Å²) in [7, 11) is 0. The number of hydrogen-bond donors (Lipinski definition) is 1. The lowest BCUT2D eigenvalue weighted by Gasteiger charge is -2.08. The van der Waals surface area contributed by atoms with E-state index < -0.39 is 0 Å². The largest absolute Gasteiger partial charge is 0.469 e. The SMILES string of the molecule is CC(Cc1ccco1)NCC#Cc1ccccc1. The Kier molecular flexibility index (Phi) is 4.63. The van der Waals surface area contributed by atoms with Crippen molar-refractivity contribution < 1.29 is 4.42 Å². The number of furan rings is 1. The maximum atomic E-state index is 5.30. The Morgan fingerprint density at radius 2 is 2.00 bits per heavy atom. The van der Waals surface area contributed by atoms with Crippen LogP contribution in [0.25, 0.3) is 0 Å². The van der Waals surface area contributed by atoms with Gasteiger partial charge < -0.3 is 9.73 Å². The molecule has 0 aliphatic heterocycles. The summed E-state index contributed by atoms with van der Waals surface area (Å²) in [5.74, 6) is 7.25. The van der Waals surface area contributed by atoms with Crippen molar-refractivity contribution in [1.82, 2.24) is 5.32 Å². The number of hydrogen-bond acceptors (Lipinski definition) is 2. The van der Waals surface area contributed by atoms with Gasteiger partial charge in [-0.05, 0) is 31.2 Å². The highest BCUT2D eigenvalue weighted by molar-refractivity contribution is 5.33. The van der Waals surface area contributed by atoms with Gasteiger partial charge in [0.1, 0.15) is 5.76 Å². The van der Waals surface area contributed by atoms with Crippen molar-refractivity contribution in [2.75, 3.05) is 6.54 Å². The standard InChI is InChI=1S/C16H17NO/c1-14(13-16-10-6-12-18-16)17-11-5-9-15-7-3-2-4-8-15/h2-4,6-8,10,12,14,17H,11,13H2,1H3. The smallest absolute Gasteiger partial charge is 0.105 e. The van der Waals surface area contributed by atoms with Crippen LogP contribution in [0.4, 0.5) is 0 Å². The van der Waals surface area contributed by atoms with E-state index in [4.69, 9.17) is 4.42 Å². The van der Waals surface area contributed by atoms with Gasteiger partial charge >= 0.3 is 0 Å². The maximum absolute atomic E-state index is 5.30. The molecule has 1 aromatic heterocycles. The molecule has 0 fully saturated rings. The lowest BCUT2D eigenvalue weighted by Crippen LogP contribution is -2.28. The Morgan fingerprint density at radius 3 is 2.72 bits per heavy atom. The molecule has 0 amide bonds. The molecule has 0 bridgehead atoms. The van der Waals surface area contributed by atoms with Crippen LogP contribution < -0.4 is 5.32 Å². The van der Waals surface area contributed by atoms with E-state index in [1.54, 1.807) is 6.26 Å². The van der Waals surface area contributed by atoms with Crippen LogP contribution in [-0.2, 0) is 6.42 Å². The third kappa shape index (κ3) is 4.12. The predicted octanol–water partition coefficient (Wildman–Crippen LogP) is 2.85. The van der Waals surface area contributed by atoms with E-state index >= 15 is 0 Å². The summed E-state index contributed by atoms with van der Waals surface area (Å²) in [4.78, 5) is 0. The van der Waals surface area contributed by atoms with Crippen molar-refractivity contribution in [3.05, 3.63) is 60.1 Å². The van der Waals surface area contributed by atoms with E-state index in [0.717, 1.165) is 17.7 Å². The van der Waals surface area contributed by atoms with Crippen molar-refractivity contribution in [1.29, 1.82) is 0 Å². The summed E-state index contributed by atoms with van der Waals surface area (Å²) < 4.78 is 5.30. The molecule has 1 atom stereocenters. The second-order valence-electron chi connectivity index (χ2n) is 4.23. The van der Waals surface area contributed by atoms with Crippen LogP contribution in [-0.4, -0.2) is 12.6 Å². The normalized spacial score (nSPS) is 11.6. The van der Waals surface area contributed by atoms with Crippen LogP contribution in [0.15, 0.2) is 53.1 Å². The molecule has 1 heterocycles. The van der Waals surface area contributed by atoms with Crippen LogP contribution in [0.5, 0.6) is 0 Å². The highest BCUT2D eigenvalue weighted by atomic mass is 16.3. The van der Waals surface area contributed by atoms with E-state index in [-0.39, 0.29) is 0 Å². The Balaban J connectivity index is 1.74. The van der Waals surface area contributed by atoms with Gasteiger partial charge in [0.25, 0.3) is 0 Å². The van der Waals surface area contributed by atoms with Gasteiger partial charge in [-0.2, -0.15) is 0 Å². The average molecular weight is 239 g/mol. The fourth-order valence-electron chi connectivity index (χ4n) is 1.70. The molecule has 0 saturated carbocycles.